The van der Waals surface area contributed by atoms with E-state index in [4.69, 9.17) is 24.9 Å². The summed E-state index contributed by atoms with van der Waals surface area (Å²) in [7, 11) is 0. The Hall–Kier alpha value is 0.150. The standard InChI is InChI=1S/C4H8O4.C3H5ClO2.Na/c1-4(6)8-7-3-2-5;1-2(4)3(5)6;/h5H,2-3H2,1H3;2H,1H3,(H,5,6);/q;;+1/p-1/i1D2,2D2,3D2;1+1,2+1,3+1;. The number of carbonyl (C=O) groups is 2. The van der Waals surface area contributed by atoms with E-state index in [-0.39, 0.29) is 29.6 Å². The van der Waals surface area contributed by atoms with Crippen LogP contribution in [0.4, 0.5) is 0 Å². The van der Waals surface area contributed by atoms with E-state index in [1.807, 2.05) is 0 Å². The molecule has 0 saturated carbocycles. The van der Waals surface area contributed by atoms with Gasteiger partial charge in [-0.05, 0) is 6.92 Å². The summed E-state index contributed by atoms with van der Waals surface area (Å²) in [5, 5.41) is 17.1. The minimum atomic E-state index is -3.37. The van der Waals surface area contributed by atoms with Gasteiger partial charge in [-0.2, -0.15) is 4.89 Å². The van der Waals surface area contributed by atoms with Crippen LogP contribution in [0.15, 0.2) is 0 Å². The number of carbonyl (C=O) groups excluding carboxylic acids is 2. The number of aliphatic carboxylic acids is 1. The molecule has 0 radical (unpaired) electrons. The molecular formula is C7H12ClNaO6. The Morgan fingerprint density at radius 1 is 1.73 bits per heavy atom. The topological polar surface area (TPSA) is 95.9 Å². The number of aliphatic hydroxyl groups is 1. The van der Waals surface area contributed by atoms with E-state index in [0.29, 0.717) is 0 Å². The first-order chi connectivity index (χ1) is 8.72. The van der Waals surface area contributed by atoms with E-state index >= 15 is 0 Å². The normalized spacial score (nSPS) is 18.1. The van der Waals surface area contributed by atoms with Crippen molar-refractivity contribution in [3.8, 4) is 0 Å². The smallest absolute Gasteiger partial charge is 0.549 e. The Kier molecular flexibility index (Phi) is 8.69. The van der Waals surface area contributed by atoms with Crippen molar-refractivity contribution < 1.29 is 67.4 Å². The number of halogens is 1. The molecule has 0 spiro atoms. The molecule has 0 fully saturated rings. The van der Waals surface area contributed by atoms with Crippen molar-refractivity contribution in [1.82, 2.24) is 0 Å². The van der Waals surface area contributed by atoms with Crippen molar-refractivity contribution in [3.05, 3.63) is 0 Å². The van der Waals surface area contributed by atoms with Crippen LogP contribution >= 0.6 is 11.6 Å². The summed E-state index contributed by atoms with van der Waals surface area (Å²) in [5.41, 5.74) is 0. The SMILES string of the molecule is [13CH3][13CH](Cl)[13C](=O)[O-].[2H]C([2H])C(=O)OOC([2H])([2H])C([2H])([2H])O.[Na+]. The van der Waals surface area contributed by atoms with Gasteiger partial charge in [0.25, 0.3) is 0 Å². The van der Waals surface area contributed by atoms with E-state index in [1.165, 1.54) is 6.92 Å². The summed E-state index contributed by atoms with van der Waals surface area (Å²) in [6.07, 6.45) is 0. The van der Waals surface area contributed by atoms with Crippen LogP contribution in [0.2, 0.25) is 0 Å². The Balaban J connectivity index is -0.000000394. The molecule has 0 saturated heterocycles. The van der Waals surface area contributed by atoms with Crippen LogP contribution in [0, 0.1) is 0 Å². The Labute approximate surface area is 123 Å². The number of carboxylic acid groups (broad SMARTS) is 1. The van der Waals surface area contributed by atoms with Crippen LogP contribution in [0.25, 0.3) is 0 Å². The van der Waals surface area contributed by atoms with Gasteiger partial charge < -0.3 is 15.0 Å². The van der Waals surface area contributed by atoms with Gasteiger partial charge >= 0.3 is 35.5 Å². The van der Waals surface area contributed by atoms with Crippen LogP contribution in [-0.4, -0.2) is 35.5 Å². The minimum absolute atomic E-state index is 0. The van der Waals surface area contributed by atoms with Gasteiger partial charge in [-0.1, -0.05) is 0 Å². The molecular weight excluding hydrogens is 241 g/mol. The van der Waals surface area contributed by atoms with Gasteiger partial charge in [0.05, 0.1) is 23.4 Å². The molecule has 0 aromatic carbocycles. The summed E-state index contributed by atoms with van der Waals surface area (Å²) >= 11 is 4.95. The molecule has 0 rings (SSSR count). The van der Waals surface area contributed by atoms with Gasteiger partial charge in [-0.15, -0.1) is 11.6 Å². The van der Waals surface area contributed by atoms with Gasteiger partial charge in [0, 0.05) is 9.62 Å². The molecule has 0 aromatic rings. The molecule has 0 aliphatic carbocycles. The predicted molar refractivity (Wildman–Crippen MR) is 45.1 cm³/mol. The number of carboxylic acids is 1. The molecule has 0 bridgehead atoms. The van der Waals surface area contributed by atoms with Gasteiger partial charge in [0.15, 0.2) is 0 Å². The van der Waals surface area contributed by atoms with Crippen molar-refractivity contribution >= 4 is 23.5 Å². The third kappa shape index (κ3) is 24.9. The average Bonchev–Trinajstić information content (AvgIpc) is 2.24. The van der Waals surface area contributed by atoms with Crippen molar-refractivity contribution in [2.45, 2.75) is 19.2 Å². The first-order valence-electron chi connectivity index (χ1n) is 6.19. The molecule has 1 atom stereocenters. The predicted octanol–water partition coefficient (Wildman–Crippen LogP) is -4.16. The Bertz CT molecular complexity index is 336. The van der Waals surface area contributed by atoms with Crippen molar-refractivity contribution in [1.29, 1.82) is 0 Å². The molecule has 15 heavy (non-hydrogen) atoms. The quantitative estimate of drug-likeness (QED) is 0.181. The number of hydrogen-bond acceptors (Lipinski definition) is 6. The minimum Gasteiger partial charge on any atom is -0.549 e. The molecule has 6 nitrogen and oxygen atoms in total. The molecule has 0 aromatic heterocycles. The summed E-state index contributed by atoms with van der Waals surface area (Å²) in [6.45, 7) is -7.32. The maximum absolute atomic E-state index is 10.4. The second kappa shape index (κ2) is 14.2. The number of hydrogen-bond donors (Lipinski definition) is 1. The number of rotatable bonds is 4. The van der Waals surface area contributed by atoms with E-state index in [9.17, 15) is 14.7 Å². The zero-order chi connectivity index (χ0) is 16.7. The van der Waals surface area contributed by atoms with Crippen molar-refractivity contribution in [3.63, 3.8) is 0 Å². The van der Waals surface area contributed by atoms with E-state index in [0.717, 1.165) is 0 Å². The third-order valence-electron chi connectivity index (χ3n) is 0.536. The maximum atomic E-state index is 10.4. The van der Waals surface area contributed by atoms with E-state index in [1.54, 1.807) is 0 Å². The maximum Gasteiger partial charge on any atom is 1.00 e. The second-order valence-electron chi connectivity index (χ2n) is 1.63. The fourth-order valence-electron chi connectivity index (χ4n) is 0.0805. The molecule has 0 heterocycles. The van der Waals surface area contributed by atoms with E-state index < -0.39 is 37.3 Å². The van der Waals surface area contributed by atoms with E-state index in [2.05, 4.69) is 9.78 Å². The van der Waals surface area contributed by atoms with Crippen LogP contribution < -0.4 is 34.7 Å². The molecule has 1 unspecified atom stereocenters. The van der Waals surface area contributed by atoms with Crippen LogP contribution in [0.1, 0.15) is 22.0 Å². The van der Waals surface area contributed by atoms with Gasteiger partial charge in [-0.25, -0.2) is 4.79 Å². The van der Waals surface area contributed by atoms with Gasteiger partial charge in [0.2, 0.25) is 0 Å². The fourth-order valence-corrected chi connectivity index (χ4v) is 0.0805. The molecule has 0 amide bonds. The zero-order valence-corrected chi connectivity index (χ0v) is 10.8. The molecule has 0 aliphatic rings. The second-order valence-corrected chi connectivity index (χ2v) is 2.29. The number of alkyl halides is 1. The monoisotopic (exact) mass is 259 g/mol. The average molecular weight is 260 g/mol. The fraction of sp³-hybridized carbons (Fsp3) is 0.714. The van der Waals surface area contributed by atoms with Crippen LogP contribution in [0.5, 0.6) is 0 Å². The van der Waals surface area contributed by atoms with Crippen LogP contribution in [-0.2, 0) is 19.4 Å². The van der Waals surface area contributed by atoms with Crippen molar-refractivity contribution in [2.24, 2.45) is 0 Å². The first-order valence-corrected chi connectivity index (χ1v) is 3.47. The zero-order valence-electron chi connectivity index (χ0n) is 14.0. The Morgan fingerprint density at radius 3 is 2.47 bits per heavy atom. The van der Waals surface area contributed by atoms with Gasteiger partial charge in [-0.3, -0.25) is 4.89 Å². The Morgan fingerprint density at radius 2 is 2.20 bits per heavy atom. The van der Waals surface area contributed by atoms with Crippen LogP contribution in [0.3, 0.4) is 0 Å². The molecule has 84 valence electrons. The summed E-state index contributed by atoms with van der Waals surface area (Å²) < 4.78 is 39.5. The largest absolute Gasteiger partial charge is 1.00 e. The molecule has 8 heteroatoms. The third-order valence-corrected chi connectivity index (χ3v) is 0.714. The summed E-state index contributed by atoms with van der Waals surface area (Å²) in [5.74, 6) is -2.74. The molecule has 0 aliphatic heterocycles. The summed E-state index contributed by atoms with van der Waals surface area (Å²) in [6, 6.07) is 0. The first kappa shape index (κ1) is 9.21. The summed E-state index contributed by atoms with van der Waals surface area (Å²) in [4.78, 5) is 27.1. The molecule has 1 N–H and O–H groups in total. The van der Waals surface area contributed by atoms with Gasteiger partial charge in [0.1, 0.15) is 6.56 Å². The van der Waals surface area contributed by atoms with Crippen molar-refractivity contribution in [2.75, 3.05) is 13.1 Å².